The molecular weight excluding hydrogens is 407 g/mol. The molecule has 0 aliphatic heterocycles. The molecule has 0 saturated heterocycles. The molecule has 156 valence electrons. The van der Waals surface area contributed by atoms with Crippen LogP contribution < -0.4 is 10.0 Å². The lowest BCUT2D eigenvalue weighted by Gasteiger charge is -2.06. The van der Waals surface area contributed by atoms with E-state index in [1.54, 1.807) is 49.4 Å². The number of furan rings is 1. The standard InChI is InChI=1S/C22H21FN2O4S/c1-16-13-18(6-10-21(16)23)14-24-22(26)11-7-17-4-8-20(9-5-17)30(27,28)25-15-19-3-2-12-29-19/h2-13,25H,14-15H2,1H3,(H,24,26)/b11-7+. The second-order valence-corrected chi connectivity index (χ2v) is 8.37. The molecule has 0 spiro atoms. The molecule has 30 heavy (non-hydrogen) atoms. The van der Waals surface area contributed by atoms with Crippen LogP contribution in [0.3, 0.4) is 0 Å². The molecule has 0 aliphatic rings. The first-order valence-corrected chi connectivity index (χ1v) is 10.6. The number of benzene rings is 2. The second kappa shape index (κ2) is 9.51. The summed E-state index contributed by atoms with van der Waals surface area (Å²) < 4.78 is 45.5. The van der Waals surface area contributed by atoms with Crippen molar-refractivity contribution >= 4 is 22.0 Å². The molecule has 0 saturated carbocycles. The zero-order valence-electron chi connectivity index (χ0n) is 16.3. The minimum atomic E-state index is -3.67. The van der Waals surface area contributed by atoms with Crippen LogP contribution in [-0.4, -0.2) is 14.3 Å². The monoisotopic (exact) mass is 428 g/mol. The summed E-state index contributed by atoms with van der Waals surface area (Å²) in [5.41, 5.74) is 1.99. The Morgan fingerprint density at radius 1 is 1.10 bits per heavy atom. The molecule has 0 aliphatic carbocycles. The molecule has 3 aromatic rings. The summed E-state index contributed by atoms with van der Waals surface area (Å²) >= 11 is 0. The Labute approximate surface area is 174 Å². The van der Waals surface area contributed by atoms with E-state index < -0.39 is 10.0 Å². The van der Waals surface area contributed by atoms with Gasteiger partial charge in [0, 0.05) is 12.6 Å². The summed E-state index contributed by atoms with van der Waals surface area (Å²) in [6.07, 6.45) is 4.41. The summed E-state index contributed by atoms with van der Waals surface area (Å²) in [5.74, 6) is -0.0830. The minimum absolute atomic E-state index is 0.0603. The van der Waals surface area contributed by atoms with Gasteiger partial charge in [0.1, 0.15) is 11.6 Å². The lowest BCUT2D eigenvalue weighted by atomic mass is 10.1. The van der Waals surface area contributed by atoms with E-state index >= 15 is 0 Å². The van der Waals surface area contributed by atoms with Gasteiger partial charge in [-0.2, -0.15) is 0 Å². The van der Waals surface area contributed by atoms with Crippen LogP contribution in [-0.2, 0) is 27.9 Å². The van der Waals surface area contributed by atoms with Crippen molar-refractivity contribution in [1.82, 2.24) is 10.0 Å². The molecule has 2 aromatic carbocycles. The summed E-state index contributed by atoms with van der Waals surface area (Å²) in [4.78, 5) is 12.1. The van der Waals surface area contributed by atoms with Crippen LogP contribution in [0, 0.1) is 12.7 Å². The van der Waals surface area contributed by atoms with Crippen molar-refractivity contribution in [3.63, 3.8) is 0 Å². The Morgan fingerprint density at radius 2 is 1.87 bits per heavy atom. The highest BCUT2D eigenvalue weighted by molar-refractivity contribution is 7.89. The van der Waals surface area contributed by atoms with Gasteiger partial charge >= 0.3 is 0 Å². The Hall–Kier alpha value is -3.23. The Balaban J connectivity index is 1.54. The molecule has 1 aromatic heterocycles. The molecule has 0 fully saturated rings. The molecule has 8 heteroatoms. The number of carbonyl (C=O) groups excluding carboxylic acids is 1. The lowest BCUT2D eigenvalue weighted by molar-refractivity contribution is -0.116. The Morgan fingerprint density at radius 3 is 2.53 bits per heavy atom. The predicted molar refractivity (Wildman–Crippen MR) is 111 cm³/mol. The average Bonchev–Trinajstić information content (AvgIpc) is 3.26. The van der Waals surface area contributed by atoms with E-state index in [2.05, 4.69) is 10.0 Å². The summed E-state index contributed by atoms with van der Waals surface area (Å²) in [5, 5.41) is 2.72. The Kier molecular flexibility index (Phi) is 6.81. The fourth-order valence-electron chi connectivity index (χ4n) is 2.66. The summed E-state index contributed by atoms with van der Waals surface area (Å²) in [6.45, 7) is 2.00. The third-order valence-electron chi connectivity index (χ3n) is 4.32. The number of amides is 1. The van der Waals surface area contributed by atoms with Crippen LogP contribution in [0.4, 0.5) is 4.39 Å². The molecule has 3 rings (SSSR count). The third-order valence-corrected chi connectivity index (χ3v) is 5.74. The van der Waals surface area contributed by atoms with Gasteiger partial charge in [-0.1, -0.05) is 24.3 Å². The van der Waals surface area contributed by atoms with Crippen LogP contribution in [0.1, 0.15) is 22.5 Å². The van der Waals surface area contributed by atoms with Gasteiger partial charge < -0.3 is 9.73 Å². The number of hydrogen-bond acceptors (Lipinski definition) is 4. The summed E-state index contributed by atoms with van der Waals surface area (Å²) in [6, 6.07) is 14.2. The maximum atomic E-state index is 13.3. The molecule has 2 N–H and O–H groups in total. The molecular formula is C22H21FN2O4S. The maximum absolute atomic E-state index is 13.3. The molecule has 1 heterocycles. The third kappa shape index (κ3) is 5.88. The van der Waals surface area contributed by atoms with E-state index in [0.717, 1.165) is 5.56 Å². The fraction of sp³-hybridized carbons (Fsp3) is 0.136. The van der Waals surface area contributed by atoms with Gasteiger partial charge in [0.05, 0.1) is 17.7 Å². The van der Waals surface area contributed by atoms with Gasteiger partial charge in [-0.25, -0.2) is 17.5 Å². The van der Waals surface area contributed by atoms with Crippen molar-refractivity contribution in [2.75, 3.05) is 0 Å². The first-order valence-electron chi connectivity index (χ1n) is 9.16. The SMILES string of the molecule is Cc1cc(CNC(=O)/C=C/c2ccc(S(=O)(=O)NCc3ccco3)cc2)ccc1F. The van der Waals surface area contributed by atoms with Crippen molar-refractivity contribution in [2.24, 2.45) is 0 Å². The largest absolute Gasteiger partial charge is 0.468 e. The first-order chi connectivity index (χ1) is 14.3. The number of hydrogen-bond donors (Lipinski definition) is 2. The highest BCUT2D eigenvalue weighted by atomic mass is 32.2. The van der Waals surface area contributed by atoms with Gasteiger partial charge in [-0.3, -0.25) is 4.79 Å². The van der Waals surface area contributed by atoms with Crippen LogP contribution >= 0.6 is 0 Å². The van der Waals surface area contributed by atoms with E-state index in [0.29, 0.717) is 16.9 Å². The number of nitrogens with one attached hydrogen (secondary N) is 2. The van der Waals surface area contributed by atoms with E-state index in [-0.39, 0.29) is 29.7 Å². The number of halogens is 1. The molecule has 0 unspecified atom stereocenters. The van der Waals surface area contributed by atoms with Crippen molar-refractivity contribution in [2.45, 2.75) is 24.9 Å². The van der Waals surface area contributed by atoms with Crippen LogP contribution in [0.25, 0.3) is 6.08 Å². The zero-order valence-corrected chi connectivity index (χ0v) is 17.1. The highest BCUT2D eigenvalue weighted by Crippen LogP contribution is 2.13. The number of aryl methyl sites for hydroxylation is 1. The van der Waals surface area contributed by atoms with E-state index in [1.165, 1.54) is 30.5 Å². The van der Waals surface area contributed by atoms with Crippen LogP contribution in [0.15, 0.2) is 76.2 Å². The van der Waals surface area contributed by atoms with Gasteiger partial charge in [-0.05, 0) is 60.0 Å². The maximum Gasteiger partial charge on any atom is 0.244 e. The normalized spacial score (nSPS) is 11.7. The minimum Gasteiger partial charge on any atom is -0.468 e. The molecule has 6 nitrogen and oxygen atoms in total. The van der Waals surface area contributed by atoms with Crippen molar-refractivity contribution in [3.05, 3.63) is 95.2 Å². The van der Waals surface area contributed by atoms with Gasteiger partial charge in [0.2, 0.25) is 15.9 Å². The lowest BCUT2D eigenvalue weighted by Crippen LogP contribution is -2.22. The second-order valence-electron chi connectivity index (χ2n) is 6.61. The van der Waals surface area contributed by atoms with E-state index in [9.17, 15) is 17.6 Å². The smallest absolute Gasteiger partial charge is 0.244 e. The van der Waals surface area contributed by atoms with Crippen LogP contribution in [0.2, 0.25) is 0 Å². The molecule has 1 amide bonds. The number of carbonyl (C=O) groups is 1. The van der Waals surface area contributed by atoms with Crippen molar-refractivity contribution in [3.8, 4) is 0 Å². The quantitative estimate of drug-likeness (QED) is 0.537. The van der Waals surface area contributed by atoms with Crippen molar-refractivity contribution in [1.29, 1.82) is 0 Å². The van der Waals surface area contributed by atoms with Gasteiger partial charge in [0.15, 0.2) is 0 Å². The average molecular weight is 428 g/mol. The molecule has 0 radical (unpaired) electrons. The number of sulfonamides is 1. The highest BCUT2D eigenvalue weighted by Gasteiger charge is 2.14. The summed E-state index contributed by atoms with van der Waals surface area (Å²) in [7, 11) is -3.67. The van der Waals surface area contributed by atoms with E-state index in [1.807, 2.05) is 0 Å². The van der Waals surface area contributed by atoms with E-state index in [4.69, 9.17) is 4.42 Å². The fourth-order valence-corrected chi connectivity index (χ4v) is 3.65. The molecule has 0 atom stereocenters. The van der Waals surface area contributed by atoms with Gasteiger partial charge in [0.25, 0.3) is 0 Å². The zero-order chi connectivity index (χ0) is 21.6. The first kappa shape index (κ1) is 21.5. The number of rotatable bonds is 8. The van der Waals surface area contributed by atoms with Crippen LogP contribution in [0.5, 0.6) is 0 Å². The predicted octanol–water partition coefficient (Wildman–Crippen LogP) is 3.54. The Bertz CT molecular complexity index is 1140. The molecule has 0 bridgehead atoms. The topological polar surface area (TPSA) is 88.4 Å². The van der Waals surface area contributed by atoms with Gasteiger partial charge in [-0.15, -0.1) is 0 Å². The van der Waals surface area contributed by atoms with Crippen molar-refractivity contribution < 1.29 is 22.0 Å².